The SMILES string of the molecule is C/C1=C/C=C/[C@H](C)C[C@@H](C)[C@@H](O)[C@@H](C)[C@H](OC(=O)CN(N)/C=C(\N)C(C)(C)N)[C@H](C)C/C=C/O[C@@]2(C)Oc3c(C)c(O)c4c(O)c(c5c(c4c3C2=O)NC2(CCN(CC(C)C)CC2)N=5)=NC1=O.CO. The van der Waals surface area contributed by atoms with Gasteiger partial charge in [0.15, 0.2) is 5.75 Å². The molecule has 380 valence electrons. The first kappa shape index (κ1) is 54.4. The molecule has 5 aliphatic rings. The number of piperidine rings is 1. The number of ether oxygens (including phenoxy) is 3. The molecule has 18 heteroatoms. The fourth-order valence-electron chi connectivity index (χ4n) is 9.57. The van der Waals surface area contributed by atoms with Crippen molar-refractivity contribution in [1.82, 2.24) is 9.91 Å². The Kier molecular flexibility index (Phi) is 17.1. The number of aliphatic hydroxyl groups is 2. The number of anilines is 1. The molecular formula is C51H76N8O10. The molecule has 11 N–H and O–H groups in total. The van der Waals surface area contributed by atoms with Gasteiger partial charge in [-0.1, -0.05) is 59.8 Å². The van der Waals surface area contributed by atoms with E-state index in [4.69, 9.17) is 41.6 Å². The number of phenolic OH excluding ortho intramolecular Hbond substituents is 2. The molecule has 69 heavy (non-hydrogen) atoms. The quantitative estimate of drug-likeness (QED) is 0.0823. The maximum absolute atomic E-state index is 14.8. The molecule has 0 radical (unpaired) electrons. The third kappa shape index (κ3) is 11.7. The van der Waals surface area contributed by atoms with Crippen LogP contribution in [0.25, 0.3) is 10.8 Å². The molecule has 5 aliphatic heterocycles. The number of carbonyl (C=O) groups is 3. The van der Waals surface area contributed by atoms with E-state index in [2.05, 4.69) is 29.1 Å². The monoisotopic (exact) mass is 961 g/mol. The van der Waals surface area contributed by atoms with E-state index in [1.54, 1.807) is 45.9 Å². The number of ketones is 1. The van der Waals surface area contributed by atoms with E-state index in [1.165, 1.54) is 19.4 Å². The molecule has 0 aliphatic carbocycles. The Labute approximate surface area is 405 Å². The molecule has 7 rings (SSSR count). The molecule has 1 saturated heterocycles. The number of fused-ring (bicyclic) bond motifs is 13. The minimum atomic E-state index is -1.91. The fraction of sp³-hybridized carbons (Fsp3) is 0.588. The summed E-state index contributed by atoms with van der Waals surface area (Å²) < 4.78 is 18.6. The predicted octanol–water partition coefficient (Wildman–Crippen LogP) is 4.46. The summed E-state index contributed by atoms with van der Waals surface area (Å²) in [5, 5.41) is 47.7. The van der Waals surface area contributed by atoms with Crippen LogP contribution in [0.5, 0.6) is 17.2 Å². The molecule has 1 amide bonds. The number of hydrazine groups is 1. The molecule has 1 spiro atoms. The lowest BCUT2D eigenvalue weighted by atomic mass is 9.80. The maximum Gasteiger partial charge on any atom is 0.327 e. The van der Waals surface area contributed by atoms with Gasteiger partial charge in [-0.15, -0.1) is 0 Å². The van der Waals surface area contributed by atoms with Gasteiger partial charge in [0.1, 0.15) is 40.5 Å². The Bertz CT molecular complexity index is 2520. The number of rotatable bonds is 7. The van der Waals surface area contributed by atoms with Crippen molar-refractivity contribution >= 4 is 34.1 Å². The summed E-state index contributed by atoms with van der Waals surface area (Å²) in [6.45, 7) is 22.1. The number of nitrogens with zero attached hydrogens (tertiary/aromatic N) is 4. The lowest BCUT2D eigenvalue weighted by Gasteiger charge is -2.38. The van der Waals surface area contributed by atoms with Gasteiger partial charge < -0.3 is 61.3 Å². The number of allylic oxidation sites excluding steroid dienone is 4. The molecule has 0 unspecified atom stereocenters. The summed E-state index contributed by atoms with van der Waals surface area (Å²) in [7, 11) is 1.00. The van der Waals surface area contributed by atoms with Crippen LogP contribution in [0.4, 0.5) is 5.69 Å². The van der Waals surface area contributed by atoms with Crippen molar-refractivity contribution < 1.29 is 49.0 Å². The van der Waals surface area contributed by atoms with Crippen molar-refractivity contribution in [3.8, 4) is 17.2 Å². The number of phenols is 2. The van der Waals surface area contributed by atoms with Gasteiger partial charge in [-0.3, -0.25) is 19.4 Å². The van der Waals surface area contributed by atoms with E-state index in [1.807, 2.05) is 33.8 Å². The smallest absolute Gasteiger partial charge is 0.327 e. The van der Waals surface area contributed by atoms with Crippen LogP contribution >= 0.6 is 0 Å². The summed E-state index contributed by atoms with van der Waals surface area (Å²) in [5.74, 6) is 0.860. The van der Waals surface area contributed by atoms with Gasteiger partial charge in [0.05, 0.1) is 34.5 Å². The number of hydrogen-bond donors (Lipinski definition) is 8. The molecule has 0 saturated carbocycles. The highest BCUT2D eigenvalue weighted by Crippen LogP contribution is 2.51. The summed E-state index contributed by atoms with van der Waals surface area (Å²) in [5.41, 5.74) is 11.6. The van der Waals surface area contributed by atoms with E-state index in [0.717, 1.165) is 31.8 Å². The van der Waals surface area contributed by atoms with Gasteiger partial charge >= 0.3 is 11.8 Å². The molecular weight excluding hydrogens is 885 g/mol. The Morgan fingerprint density at radius 2 is 1.72 bits per heavy atom. The van der Waals surface area contributed by atoms with Gasteiger partial charge in [0, 0.05) is 80.8 Å². The molecule has 5 heterocycles. The van der Waals surface area contributed by atoms with E-state index < -0.39 is 58.5 Å². The van der Waals surface area contributed by atoms with Crippen molar-refractivity contribution in [2.24, 2.45) is 56.9 Å². The lowest BCUT2D eigenvalue weighted by molar-refractivity contribution is -0.159. The van der Waals surface area contributed by atoms with Crippen LogP contribution in [-0.2, 0) is 19.1 Å². The number of hydrogen-bond acceptors (Lipinski definition) is 17. The zero-order chi connectivity index (χ0) is 51.5. The van der Waals surface area contributed by atoms with Crippen molar-refractivity contribution in [3.05, 3.63) is 69.9 Å². The number of carbonyl (C=O) groups excluding carboxylic acids is 3. The molecule has 18 nitrogen and oxygen atoms in total. The number of nitrogens with two attached hydrogens (primary N) is 3. The van der Waals surface area contributed by atoms with Crippen LogP contribution in [-0.4, -0.2) is 110 Å². The largest absolute Gasteiger partial charge is 0.507 e. The minimum Gasteiger partial charge on any atom is -0.507 e. The zero-order valence-corrected chi connectivity index (χ0v) is 42.4. The van der Waals surface area contributed by atoms with E-state index in [0.29, 0.717) is 37.3 Å². The predicted molar refractivity (Wildman–Crippen MR) is 264 cm³/mol. The second-order valence-corrected chi connectivity index (χ2v) is 20.5. The van der Waals surface area contributed by atoms with E-state index >= 15 is 0 Å². The minimum absolute atomic E-state index is 0.0355. The van der Waals surface area contributed by atoms with Gasteiger partial charge in [-0.25, -0.2) is 10.8 Å². The van der Waals surface area contributed by atoms with E-state index in [-0.39, 0.29) is 79.7 Å². The van der Waals surface area contributed by atoms with Crippen LogP contribution in [0, 0.1) is 36.5 Å². The summed E-state index contributed by atoms with van der Waals surface area (Å²) >= 11 is 0. The Balaban J connectivity index is 0.00000438. The second kappa shape index (κ2) is 21.6. The highest BCUT2D eigenvalue weighted by atomic mass is 16.7. The first-order valence-corrected chi connectivity index (χ1v) is 23.9. The topological polar surface area (TPSA) is 281 Å². The summed E-state index contributed by atoms with van der Waals surface area (Å²) in [6.07, 6.45) is 10.1. The second-order valence-electron chi connectivity index (χ2n) is 20.5. The fourth-order valence-corrected chi connectivity index (χ4v) is 9.57. The average molecular weight is 961 g/mol. The highest BCUT2D eigenvalue weighted by molar-refractivity contribution is 6.21. The van der Waals surface area contributed by atoms with Crippen LogP contribution in [0.2, 0.25) is 0 Å². The molecule has 5 bridgehead atoms. The molecule has 7 atom stereocenters. The van der Waals surface area contributed by atoms with Crippen molar-refractivity contribution in [2.75, 3.05) is 38.6 Å². The number of esters is 1. The number of Topliss-reactive ketones (excluding diaryl/α,β-unsaturated/α-hetero) is 1. The standard InChI is InChI=1S/C50H72N8O9.CH4O/c1-26(2)23-57-19-17-50(18-20-57)55-38-35-36-42(61)32(8)45-37(35)46(63)49(11,67-45)65-21-13-16-28(4)44(66-34(59)25-58(53)24-33(51)48(9,10)52)31(7)41(60)30(6)22-27(3)14-12-15-29(5)47(64)54-40(43(36)62)39(38)56-50;1-2/h12-15,21,24,26-28,30-31,41,44,55,60-62H,16-20,22-23,25,51-53H2,1-11H3;2H,1H3/b14-12+,21-13+,29-15-,33-24-,54-40?;/t27-,28+,30+,31+,41+,44+,49-;/m0./s1. The molecule has 2 aromatic rings. The zero-order valence-electron chi connectivity index (χ0n) is 42.4. The number of aromatic hydroxyl groups is 2. The van der Waals surface area contributed by atoms with Gasteiger partial charge in [-0.05, 0) is 70.3 Å². The molecule has 2 aromatic carbocycles. The van der Waals surface area contributed by atoms with Gasteiger partial charge in [0.2, 0.25) is 0 Å². The van der Waals surface area contributed by atoms with Crippen LogP contribution in [0.1, 0.15) is 111 Å². The first-order chi connectivity index (χ1) is 32.3. The highest BCUT2D eigenvalue weighted by Gasteiger charge is 2.50. The maximum atomic E-state index is 14.8. The van der Waals surface area contributed by atoms with E-state index in [9.17, 15) is 29.7 Å². The Morgan fingerprint density at radius 1 is 1.07 bits per heavy atom. The van der Waals surface area contributed by atoms with Gasteiger partial charge in [0.25, 0.3) is 11.7 Å². The molecule has 1 fully saturated rings. The number of nitrogens with one attached hydrogen (secondary N) is 1. The third-order valence-corrected chi connectivity index (χ3v) is 13.6. The summed E-state index contributed by atoms with van der Waals surface area (Å²) in [6, 6.07) is 0. The summed E-state index contributed by atoms with van der Waals surface area (Å²) in [4.78, 5) is 54.1. The lowest BCUT2D eigenvalue weighted by Crippen LogP contribution is -2.47. The van der Waals surface area contributed by atoms with Crippen LogP contribution in [0.15, 0.2) is 58.0 Å². The number of benzene rings is 2. The van der Waals surface area contributed by atoms with Crippen LogP contribution < -0.4 is 38.1 Å². The third-order valence-electron chi connectivity index (χ3n) is 13.6. The number of amides is 1. The Morgan fingerprint density at radius 3 is 2.35 bits per heavy atom. The van der Waals surface area contributed by atoms with Crippen molar-refractivity contribution in [3.63, 3.8) is 0 Å². The van der Waals surface area contributed by atoms with Crippen molar-refractivity contribution in [1.29, 1.82) is 0 Å². The number of aliphatic hydroxyl groups excluding tert-OH is 2. The molecule has 0 aromatic heterocycles. The van der Waals surface area contributed by atoms with Crippen LogP contribution in [0.3, 0.4) is 0 Å². The average Bonchev–Trinajstić information content (AvgIpc) is 3.78. The first-order valence-electron chi connectivity index (χ1n) is 23.9. The normalized spacial score (nSPS) is 28.3. The van der Waals surface area contributed by atoms with Gasteiger partial charge in [-0.2, -0.15) is 0 Å². The van der Waals surface area contributed by atoms with Crippen molar-refractivity contribution in [2.45, 2.75) is 131 Å². The Hall–Kier alpha value is -5.53. The number of likely N-dealkylation sites (tertiary alicyclic amines) is 1.